The molecule has 5 heteroatoms. The van der Waals surface area contributed by atoms with Crippen molar-refractivity contribution in [2.24, 2.45) is 0 Å². The Labute approximate surface area is 123 Å². The van der Waals surface area contributed by atoms with Crippen LogP contribution < -0.4 is 14.5 Å². The van der Waals surface area contributed by atoms with E-state index in [0.717, 1.165) is 30.9 Å². The van der Waals surface area contributed by atoms with E-state index in [1.165, 1.54) is 11.9 Å². The second kappa shape index (κ2) is 5.99. The van der Waals surface area contributed by atoms with Crippen molar-refractivity contribution < 1.29 is 9.12 Å². The summed E-state index contributed by atoms with van der Waals surface area (Å²) in [4.78, 5) is 4.36. The van der Waals surface area contributed by atoms with Gasteiger partial charge < -0.3 is 10.1 Å². The van der Waals surface area contributed by atoms with E-state index in [4.69, 9.17) is 0 Å². The van der Waals surface area contributed by atoms with Crippen molar-refractivity contribution in [2.45, 2.75) is 6.67 Å². The Balaban J connectivity index is 1.68. The van der Waals surface area contributed by atoms with Crippen molar-refractivity contribution in [1.82, 2.24) is 0 Å². The van der Waals surface area contributed by atoms with Crippen LogP contribution in [0.1, 0.15) is 5.56 Å². The molecule has 0 saturated carbocycles. The second-order valence-electron chi connectivity index (χ2n) is 5.16. The van der Waals surface area contributed by atoms with Crippen LogP contribution >= 0.6 is 0 Å². The molecule has 0 spiro atoms. The number of nitrogens with zero attached hydrogens (tertiary/aromatic N) is 3. The molecule has 0 atom stereocenters. The average Bonchev–Trinajstić information content (AvgIpc) is 2.56. The van der Waals surface area contributed by atoms with E-state index in [1.807, 2.05) is 18.2 Å². The van der Waals surface area contributed by atoms with E-state index < -0.39 is 6.67 Å². The molecular formula is C16H18FN3O. The van der Waals surface area contributed by atoms with Gasteiger partial charge in [0.05, 0.1) is 19.3 Å². The lowest BCUT2D eigenvalue weighted by Crippen LogP contribution is -2.50. The van der Waals surface area contributed by atoms with E-state index in [0.29, 0.717) is 11.4 Å². The first-order valence-corrected chi connectivity index (χ1v) is 7.11. The van der Waals surface area contributed by atoms with Crippen LogP contribution in [-0.2, 0) is 6.67 Å². The largest absolute Gasteiger partial charge is 0.711 e. The summed E-state index contributed by atoms with van der Waals surface area (Å²) in [7, 11) is 0. The number of hydrogen-bond acceptors (Lipinski definition) is 3. The number of halogens is 1. The number of anilines is 2. The molecule has 1 aromatic heterocycles. The maximum Gasteiger partial charge on any atom is 0.279 e. The van der Waals surface area contributed by atoms with Crippen molar-refractivity contribution >= 4 is 11.5 Å². The summed E-state index contributed by atoms with van der Waals surface area (Å²) >= 11 is 0. The molecule has 1 saturated heterocycles. The highest BCUT2D eigenvalue weighted by molar-refractivity contribution is 5.48. The van der Waals surface area contributed by atoms with Crippen LogP contribution in [0, 0.1) is 5.21 Å². The smallest absolute Gasteiger partial charge is 0.279 e. The van der Waals surface area contributed by atoms with Crippen LogP contribution in [0.25, 0.3) is 0 Å². The Hall–Kier alpha value is -2.30. The second-order valence-corrected chi connectivity index (χ2v) is 5.16. The van der Waals surface area contributed by atoms with Crippen LogP contribution in [0.5, 0.6) is 0 Å². The van der Waals surface area contributed by atoms with Crippen molar-refractivity contribution in [3.63, 3.8) is 0 Å². The molecule has 2 heterocycles. The first-order valence-electron chi connectivity index (χ1n) is 7.11. The fourth-order valence-corrected chi connectivity index (χ4v) is 2.67. The van der Waals surface area contributed by atoms with Gasteiger partial charge in [0.1, 0.15) is 19.8 Å². The van der Waals surface area contributed by atoms with Gasteiger partial charge in [-0.25, -0.2) is 9.12 Å². The third kappa shape index (κ3) is 2.91. The monoisotopic (exact) mass is 287 g/mol. The van der Waals surface area contributed by atoms with E-state index in [9.17, 15) is 9.60 Å². The first kappa shape index (κ1) is 13.7. The predicted octanol–water partition coefficient (Wildman–Crippen LogP) is 2.12. The number of aromatic nitrogens is 1. The van der Waals surface area contributed by atoms with Crippen LogP contribution in [0.2, 0.25) is 0 Å². The summed E-state index contributed by atoms with van der Waals surface area (Å²) in [6, 6.07) is 13.6. The van der Waals surface area contributed by atoms with Gasteiger partial charge in [-0.05, 0) is 18.2 Å². The van der Waals surface area contributed by atoms with Crippen LogP contribution in [0.4, 0.5) is 15.9 Å². The normalized spacial score (nSPS) is 15.3. The maximum atomic E-state index is 12.5. The topological polar surface area (TPSA) is 33.4 Å². The zero-order chi connectivity index (χ0) is 14.7. The van der Waals surface area contributed by atoms with Gasteiger partial charge in [-0.15, -0.1) is 0 Å². The van der Waals surface area contributed by atoms with Gasteiger partial charge in [0.2, 0.25) is 0 Å². The third-order valence-electron chi connectivity index (χ3n) is 3.83. The van der Waals surface area contributed by atoms with Crippen molar-refractivity contribution in [2.75, 3.05) is 36.0 Å². The van der Waals surface area contributed by atoms with Gasteiger partial charge in [0.25, 0.3) is 5.82 Å². The third-order valence-corrected chi connectivity index (χ3v) is 3.83. The Kier molecular flexibility index (Phi) is 3.90. The van der Waals surface area contributed by atoms with Gasteiger partial charge in [-0.1, -0.05) is 18.2 Å². The molecule has 0 radical (unpaired) electrons. The standard InChI is InChI=1S/C16H18FN3O/c17-12-14-6-7-16(20(21)13-14)19-10-8-18(9-11-19)15-4-2-1-3-5-15/h1-7,13H,8-12H2. The molecule has 2 aromatic rings. The highest BCUT2D eigenvalue weighted by Gasteiger charge is 2.24. The van der Waals surface area contributed by atoms with Crippen molar-refractivity contribution in [3.05, 3.63) is 59.4 Å². The van der Waals surface area contributed by atoms with E-state index in [1.54, 1.807) is 12.1 Å². The van der Waals surface area contributed by atoms with Gasteiger partial charge in [-0.2, -0.15) is 0 Å². The van der Waals surface area contributed by atoms with Crippen molar-refractivity contribution in [1.29, 1.82) is 0 Å². The number of pyridine rings is 1. The highest BCUT2D eigenvalue weighted by atomic mass is 19.1. The number of alkyl halides is 1. The quantitative estimate of drug-likeness (QED) is 0.640. The molecule has 0 N–H and O–H groups in total. The van der Waals surface area contributed by atoms with Crippen LogP contribution in [-0.4, -0.2) is 26.2 Å². The minimum atomic E-state index is -0.607. The lowest BCUT2D eigenvalue weighted by Gasteiger charge is -2.33. The molecule has 1 aromatic carbocycles. The molecule has 3 rings (SSSR count). The molecule has 0 aliphatic carbocycles. The Morgan fingerprint density at radius 3 is 2.24 bits per heavy atom. The number of benzene rings is 1. The van der Waals surface area contributed by atoms with Gasteiger partial charge >= 0.3 is 0 Å². The maximum absolute atomic E-state index is 12.5. The van der Waals surface area contributed by atoms with Crippen LogP contribution in [0.15, 0.2) is 48.7 Å². The molecule has 0 unspecified atom stereocenters. The molecule has 1 aliphatic heterocycles. The number of rotatable bonds is 3. The number of hydrogen-bond donors (Lipinski definition) is 0. The summed E-state index contributed by atoms with van der Waals surface area (Å²) < 4.78 is 13.3. The average molecular weight is 287 g/mol. The zero-order valence-corrected chi connectivity index (χ0v) is 11.8. The minimum absolute atomic E-state index is 0.414. The SMILES string of the molecule is [O-][n+]1cc(CF)ccc1N1CCN(c2ccccc2)CC1. The molecule has 0 amide bonds. The summed E-state index contributed by atoms with van der Waals surface area (Å²) in [5.74, 6) is 0.597. The number of piperazine rings is 1. The van der Waals surface area contributed by atoms with Crippen molar-refractivity contribution in [3.8, 4) is 0 Å². The molecule has 21 heavy (non-hydrogen) atoms. The lowest BCUT2D eigenvalue weighted by molar-refractivity contribution is -0.592. The summed E-state index contributed by atoms with van der Waals surface area (Å²) in [5.41, 5.74) is 1.62. The molecule has 1 fully saturated rings. The molecule has 1 aliphatic rings. The van der Waals surface area contributed by atoms with Gasteiger partial charge in [0.15, 0.2) is 0 Å². The zero-order valence-electron chi connectivity index (χ0n) is 11.8. The Bertz CT molecular complexity index is 598. The van der Waals surface area contributed by atoms with Gasteiger partial charge in [-0.3, -0.25) is 4.90 Å². The minimum Gasteiger partial charge on any atom is -0.711 e. The summed E-state index contributed by atoms with van der Waals surface area (Å²) in [5, 5.41) is 11.9. The predicted molar refractivity (Wildman–Crippen MR) is 81.1 cm³/mol. The molecule has 110 valence electrons. The molecule has 0 bridgehead atoms. The molecular weight excluding hydrogens is 269 g/mol. The summed E-state index contributed by atoms with van der Waals surface area (Å²) in [6.07, 6.45) is 1.32. The van der Waals surface area contributed by atoms with E-state index in [2.05, 4.69) is 21.9 Å². The molecule has 4 nitrogen and oxygen atoms in total. The first-order chi connectivity index (χ1) is 10.3. The van der Waals surface area contributed by atoms with E-state index >= 15 is 0 Å². The summed E-state index contributed by atoms with van der Waals surface area (Å²) in [6.45, 7) is 2.70. The van der Waals surface area contributed by atoms with Crippen LogP contribution in [0.3, 0.4) is 0 Å². The number of para-hydroxylation sites is 1. The Morgan fingerprint density at radius 2 is 1.62 bits per heavy atom. The van der Waals surface area contributed by atoms with Gasteiger partial charge in [0, 0.05) is 17.3 Å². The Morgan fingerprint density at radius 1 is 0.952 bits per heavy atom. The fourth-order valence-electron chi connectivity index (χ4n) is 2.67. The lowest BCUT2D eigenvalue weighted by atomic mass is 10.2. The fraction of sp³-hybridized carbons (Fsp3) is 0.312. The van der Waals surface area contributed by atoms with E-state index in [-0.39, 0.29) is 0 Å². The highest BCUT2D eigenvalue weighted by Crippen LogP contribution is 2.18.